The summed E-state index contributed by atoms with van der Waals surface area (Å²) in [5.41, 5.74) is 10.8. The highest BCUT2D eigenvalue weighted by molar-refractivity contribution is 5.94. The van der Waals surface area contributed by atoms with E-state index in [1.54, 1.807) is 6.92 Å². The van der Waals surface area contributed by atoms with Crippen molar-refractivity contribution in [1.82, 2.24) is 0 Å². The second kappa shape index (κ2) is 12.4. The van der Waals surface area contributed by atoms with Crippen LogP contribution in [0.3, 0.4) is 0 Å². The molecule has 0 saturated heterocycles. The fraction of sp³-hybridized carbons (Fsp3) is 0.548. The Labute approximate surface area is 218 Å². The molecule has 36 heavy (non-hydrogen) atoms. The largest absolute Gasteiger partial charge is 0.372 e. The van der Waals surface area contributed by atoms with Gasteiger partial charge in [-0.3, -0.25) is 9.59 Å². The van der Waals surface area contributed by atoms with Gasteiger partial charge in [0.1, 0.15) is 0 Å². The molecule has 2 aromatic carbocycles. The summed E-state index contributed by atoms with van der Waals surface area (Å²) in [5.74, 6) is 1.10. The van der Waals surface area contributed by atoms with Gasteiger partial charge < -0.3 is 15.5 Å². The first kappa shape index (κ1) is 27.8. The van der Waals surface area contributed by atoms with Crippen molar-refractivity contribution in [2.24, 2.45) is 17.6 Å². The Morgan fingerprint density at radius 3 is 2.33 bits per heavy atom. The maximum absolute atomic E-state index is 12.7. The maximum atomic E-state index is 12.7. The smallest absolute Gasteiger partial charge is 0.248 e. The molecule has 0 bridgehead atoms. The topological polar surface area (TPSA) is 66.6 Å². The van der Waals surface area contributed by atoms with E-state index in [0.717, 1.165) is 38.0 Å². The van der Waals surface area contributed by atoms with E-state index in [2.05, 4.69) is 57.7 Å². The highest BCUT2D eigenvalue weighted by Crippen LogP contribution is 2.45. The molecule has 3 rings (SSSR count). The minimum atomic E-state index is -0.396. The Bertz CT molecular complexity index is 1030. The molecule has 2 N–H and O–H groups in total. The first-order valence-electron chi connectivity index (χ1n) is 13.7. The standard InChI is InChI=1S/C31H45N3O2/c1-7-18-33(19-17-21(3)8-2)27-14-16-30-29(20-27)28(22(4)23(5)34(30)24(6)35)15-11-25-9-12-26(13-10-25)31(32)36/h9-10,12-14,16,20-23,28H,7-8,11,15,17-19H2,1-6H3,(H2,32,36). The SMILES string of the molecule is CCCN(CCC(C)CC)c1ccc2c(c1)C(CCc1ccc(C(N)=O)cc1)C(C)C(C)N2C(C)=O. The van der Waals surface area contributed by atoms with Crippen molar-refractivity contribution in [2.75, 3.05) is 22.9 Å². The molecule has 1 aliphatic rings. The molecule has 0 aliphatic carbocycles. The Morgan fingerprint density at radius 1 is 1.06 bits per heavy atom. The van der Waals surface area contributed by atoms with Crippen LogP contribution in [0.15, 0.2) is 42.5 Å². The number of nitrogens with two attached hydrogens (primary N) is 1. The lowest BCUT2D eigenvalue weighted by molar-refractivity contribution is -0.117. The Hall–Kier alpha value is -2.82. The number of aryl methyl sites for hydroxylation is 1. The highest BCUT2D eigenvalue weighted by atomic mass is 16.2. The summed E-state index contributed by atoms with van der Waals surface area (Å²) in [6.07, 6.45) is 5.40. The minimum Gasteiger partial charge on any atom is -0.372 e. The molecule has 5 heteroatoms. The fourth-order valence-electron chi connectivity index (χ4n) is 5.58. The van der Waals surface area contributed by atoms with E-state index in [1.807, 2.05) is 29.2 Å². The van der Waals surface area contributed by atoms with Gasteiger partial charge in [-0.1, -0.05) is 46.2 Å². The van der Waals surface area contributed by atoms with Gasteiger partial charge in [0.25, 0.3) is 0 Å². The number of rotatable bonds is 11. The Kier molecular flexibility index (Phi) is 9.58. The number of anilines is 2. The van der Waals surface area contributed by atoms with Crippen molar-refractivity contribution in [1.29, 1.82) is 0 Å². The van der Waals surface area contributed by atoms with Crippen molar-refractivity contribution >= 4 is 23.2 Å². The molecule has 0 saturated carbocycles. The zero-order chi connectivity index (χ0) is 26.4. The predicted octanol–water partition coefficient (Wildman–Crippen LogP) is 6.55. The molecule has 4 atom stereocenters. The van der Waals surface area contributed by atoms with E-state index >= 15 is 0 Å². The summed E-state index contributed by atoms with van der Waals surface area (Å²) >= 11 is 0. The zero-order valence-corrected chi connectivity index (χ0v) is 23.1. The quantitative estimate of drug-likeness (QED) is 0.388. The lowest BCUT2D eigenvalue weighted by Crippen LogP contribution is -2.47. The van der Waals surface area contributed by atoms with Crippen molar-refractivity contribution in [3.05, 3.63) is 59.2 Å². The summed E-state index contributed by atoms with van der Waals surface area (Å²) < 4.78 is 0. The molecule has 4 unspecified atom stereocenters. The van der Waals surface area contributed by atoms with Gasteiger partial charge in [0.15, 0.2) is 0 Å². The summed E-state index contributed by atoms with van der Waals surface area (Å²) in [6.45, 7) is 15.1. The number of benzene rings is 2. The van der Waals surface area contributed by atoms with Crippen molar-refractivity contribution in [3.63, 3.8) is 0 Å². The van der Waals surface area contributed by atoms with E-state index in [-0.39, 0.29) is 11.9 Å². The van der Waals surface area contributed by atoms with Gasteiger partial charge in [0.05, 0.1) is 0 Å². The average Bonchev–Trinajstić information content (AvgIpc) is 2.86. The number of fused-ring (bicyclic) bond motifs is 1. The van der Waals surface area contributed by atoms with E-state index in [9.17, 15) is 9.59 Å². The molecule has 5 nitrogen and oxygen atoms in total. The molecule has 0 radical (unpaired) electrons. The summed E-state index contributed by atoms with van der Waals surface area (Å²) in [5, 5.41) is 0. The van der Waals surface area contributed by atoms with Crippen molar-refractivity contribution in [3.8, 4) is 0 Å². The van der Waals surface area contributed by atoms with Crippen molar-refractivity contribution < 1.29 is 9.59 Å². The number of carbonyl (C=O) groups excluding carboxylic acids is 2. The summed E-state index contributed by atoms with van der Waals surface area (Å²) in [7, 11) is 0. The van der Waals surface area contributed by atoms with Crippen LogP contribution >= 0.6 is 0 Å². The third-order valence-corrected chi connectivity index (χ3v) is 8.24. The number of carbonyl (C=O) groups is 2. The van der Waals surface area contributed by atoms with Gasteiger partial charge in [-0.25, -0.2) is 0 Å². The molecule has 0 fully saturated rings. The lowest BCUT2D eigenvalue weighted by atomic mass is 9.75. The van der Waals surface area contributed by atoms with Crippen LogP contribution in [0.25, 0.3) is 0 Å². The summed E-state index contributed by atoms with van der Waals surface area (Å²) in [6, 6.07) is 14.5. The van der Waals surface area contributed by atoms with Crippen LogP contribution < -0.4 is 15.5 Å². The molecule has 2 aromatic rings. The third kappa shape index (κ3) is 6.29. The van der Waals surface area contributed by atoms with Crippen LogP contribution in [0, 0.1) is 11.8 Å². The van der Waals surface area contributed by atoms with Gasteiger partial charge in [-0.05, 0) is 91.8 Å². The number of primary amides is 1. The van der Waals surface area contributed by atoms with Gasteiger partial charge in [0, 0.05) is 43.0 Å². The lowest BCUT2D eigenvalue weighted by Gasteiger charge is -2.44. The third-order valence-electron chi connectivity index (χ3n) is 8.24. The summed E-state index contributed by atoms with van der Waals surface area (Å²) in [4.78, 5) is 28.7. The first-order chi connectivity index (χ1) is 17.2. The number of hydrogen-bond acceptors (Lipinski definition) is 3. The molecular weight excluding hydrogens is 446 g/mol. The van der Waals surface area contributed by atoms with E-state index in [4.69, 9.17) is 5.73 Å². The van der Waals surface area contributed by atoms with Crippen LogP contribution in [0.4, 0.5) is 11.4 Å². The first-order valence-corrected chi connectivity index (χ1v) is 13.7. The van der Waals surface area contributed by atoms with Crippen LogP contribution in [0.5, 0.6) is 0 Å². The van der Waals surface area contributed by atoms with Gasteiger partial charge in [0.2, 0.25) is 11.8 Å². The number of hydrogen-bond donors (Lipinski definition) is 1. The Morgan fingerprint density at radius 2 is 1.75 bits per heavy atom. The van der Waals surface area contributed by atoms with Crippen LogP contribution in [-0.4, -0.2) is 30.9 Å². The Balaban J connectivity index is 1.94. The second-order valence-electron chi connectivity index (χ2n) is 10.7. The van der Waals surface area contributed by atoms with Crippen LogP contribution in [-0.2, 0) is 11.2 Å². The van der Waals surface area contributed by atoms with Gasteiger partial charge >= 0.3 is 0 Å². The zero-order valence-electron chi connectivity index (χ0n) is 23.1. The van der Waals surface area contributed by atoms with Crippen LogP contribution in [0.1, 0.15) is 94.6 Å². The maximum Gasteiger partial charge on any atom is 0.248 e. The molecule has 1 heterocycles. The minimum absolute atomic E-state index is 0.103. The van der Waals surface area contributed by atoms with Crippen LogP contribution in [0.2, 0.25) is 0 Å². The normalized spacial score (nSPS) is 20.1. The van der Waals surface area contributed by atoms with E-state index in [0.29, 0.717) is 23.3 Å². The molecule has 2 amide bonds. The van der Waals surface area contributed by atoms with E-state index in [1.165, 1.54) is 29.7 Å². The molecule has 1 aliphatic heterocycles. The van der Waals surface area contributed by atoms with E-state index < -0.39 is 5.91 Å². The second-order valence-corrected chi connectivity index (χ2v) is 10.7. The molecule has 196 valence electrons. The molecule has 0 spiro atoms. The average molecular weight is 492 g/mol. The molecule has 0 aromatic heterocycles. The van der Waals surface area contributed by atoms with Gasteiger partial charge in [-0.2, -0.15) is 0 Å². The highest BCUT2D eigenvalue weighted by Gasteiger charge is 2.38. The predicted molar refractivity (Wildman–Crippen MR) is 151 cm³/mol. The fourth-order valence-corrected chi connectivity index (χ4v) is 5.58. The molecular formula is C31H45N3O2. The monoisotopic (exact) mass is 491 g/mol. The van der Waals surface area contributed by atoms with Crippen molar-refractivity contribution in [2.45, 2.75) is 85.6 Å². The number of nitrogens with zero attached hydrogens (tertiary/aromatic N) is 2. The van der Waals surface area contributed by atoms with Gasteiger partial charge in [-0.15, -0.1) is 0 Å². The number of amides is 2.